The van der Waals surface area contributed by atoms with Gasteiger partial charge in [-0.3, -0.25) is 19.2 Å². The average molecular weight is 652 g/mol. The van der Waals surface area contributed by atoms with Crippen LogP contribution in [0.25, 0.3) is 0 Å². The van der Waals surface area contributed by atoms with Crippen molar-refractivity contribution in [2.45, 2.75) is 127 Å². The number of aliphatic carboxylic acids is 1. The Balaban J connectivity index is -0.000000148. The van der Waals surface area contributed by atoms with Crippen molar-refractivity contribution in [1.29, 1.82) is 0 Å². The molecule has 266 valence electrons. The van der Waals surface area contributed by atoms with E-state index in [1.54, 1.807) is 0 Å². The number of hydrogen-bond acceptors (Lipinski definition) is 7. The van der Waals surface area contributed by atoms with E-state index < -0.39 is 5.97 Å². The first kappa shape index (κ1) is 51.7. The fraction of sp³-hybridized carbons (Fsp3) is 0.879. The molecule has 0 heterocycles. The standard InChI is InChI=1S/C11H23N.C8H16N2O2.C6H15N.C3H5NO3.C3H8S.C2H6/c1-9(2)12-8-11-6-4-10(3)5-7-11;1-6(2)7(3)10-8(12)4-9-5-11;1-3-5-6-7-4-2;5-2-4-1-3(6)7;1-3-4-2;1-2/h9-12H,4-8H2,1-3H3;5-7H,4H2,1-3H3,(H,9,11)(H,10,12);7H,3-6H2,1-2H3;2H,1H2,(H,4,5)(H,6,7);3H2,1-2H3;1-2H3. The van der Waals surface area contributed by atoms with Crippen molar-refractivity contribution in [2.24, 2.45) is 17.8 Å². The largest absolute Gasteiger partial charge is 0.480 e. The summed E-state index contributed by atoms with van der Waals surface area (Å²) < 4.78 is 0. The third-order valence-corrected chi connectivity index (χ3v) is 6.84. The zero-order valence-electron chi connectivity index (χ0n) is 30.5. The Hall–Kier alpha value is -1.85. The van der Waals surface area contributed by atoms with E-state index in [9.17, 15) is 19.2 Å². The lowest BCUT2D eigenvalue weighted by Gasteiger charge is -2.26. The number of unbranched alkanes of at least 4 members (excludes halogenated alkanes) is 1. The van der Waals surface area contributed by atoms with Crippen molar-refractivity contribution in [3.05, 3.63) is 0 Å². The summed E-state index contributed by atoms with van der Waals surface area (Å²) in [5.74, 6) is 2.41. The van der Waals surface area contributed by atoms with Gasteiger partial charge in [0.2, 0.25) is 18.7 Å². The number of carbonyl (C=O) groups excluding carboxylic acids is 3. The molecule has 0 saturated heterocycles. The molecule has 3 amide bonds. The Bertz CT molecular complexity index is 599. The van der Waals surface area contributed by atoms with Crippen molar-refractivity contribution in [3.63, 3.8) is 0 Å². The summed E-state index contributed by atoms with van der Waals surface area (Å²) in [5, 5.41) is 21.6. The van der Waals surface area contributed by atoms with Crippen LogP contribution in [0.1, 0.15) is 115 Å². The molecular weight excluding hydrogens is 578 g/mol. The SMILES string of the molecule is CC.CC(C)C(C)NC(=O)CNC=O.CC1CCC(CNC(C)C)CC1.CCCCNCC.CCSC.O=CNCC(=O)O. The zero-order valence-corrected chi connectivity index (χ0v) is 31.3. The number of hydrogen-bond donors (Lipinski definition) is 6. The van der Waals surface area contributed by atoms with Crippen molar-refractivity contribution in [3.8, 4) is 0 Å². The van der Waals surface area contributed by atoms with Gasteiger partial charge in [-0.15, -0.1) is 0 Å². The van der Waals surface area contributed by atoms with Gasteiger partial charge in [0.15, 0.2) is 0 Å². The van der Waals surface area contributed by atoms with Gasteiger partial charge in [-0.05, 0) is 75.6 Å². The van der Waals surface area contributed by atoms with Crippen LogP contribution in [0.4, 0.5) is 0 Å². The first-order valence-corrected chi connectivity index (χ1v) is 18.0. The van der Waals surface area contributed by atoms with Gasteiger partial charge in [0.25, 0.3) is 0 Å². The van der Waals surface area contributed by atoms with Gasteiger partial charge >= 0.3 is 5.97 Å². The molecule has 0 aliphatic heterocycles. The molecular formula is C33H73N5O5S. The molecule has 1 rings (SSSR count). The maximum atomic E-state index is 11.0. The molecule has 10 nitrogen and oxygen atoms in total. The monoisotopic (exact) mass is 652 g/mol. The summed E-state index contributed by atoms with van der Waals surface area (Å²) in [7, 11) is 0. The van der Waals surface area contributed by atoms with Crippen LogP contribution in [0.2, 0.25) is 0 Å². The molecule has 0 aromatic carbocycles. The Labute approximate surface area is 276 Å². The molecule has 0 radical (unpaired) electrons. The van der Waals surface area contributed by atoms with E-state index in [4.69, 9.17) is 5.11 Å². The molecule has 0 aromatic heterocycles. The van der Waals surface area contributed by atoms with Crippen molar-refractivity contribution in [1.82, 2.24) is 26.6 Å². The minimum Gasteiger partial charge on any atom is -0.480 e. The number of rotatable bonds is 16. The van der Waals surface area contributed by atoms with Crippen LogP contribution in [0.3, 0.4) is 0 Å². The highest BCUT2D eigenvalue weighted by atomic mass is 32.2. The van der Waals surface area contributed by atoms with Gasteiger partial charge in [0.1, 0.15) is 6.54 Å². The second kappa shape index (κ2) is 43.3. The van der Waals surface area contributed by atoms with E-state index in [0.29, 0.717) is 24.8 Å². The van der Waals surface area contributed by atoms with E-state index in [0.717, 1.165) is 18.4 Å². The Morgan fingerprint density at radius 2 is 1.41 bits per heavy atom. The molecule has 1 atom stereocenters. The van der Waals surface area contributed by atoms with Crippen LogP contribution in [-0.4, -0.2) is 86.6 Å². The minimum absolute atomic E-state index is 0.0561. The predicted octanol–water partition coefficient (Wildman–Crippen LogP) is 5.31. The molecule has 1 aliphatic carbocycles. The third kappa shape index (κ3) is 52.8. The molecule has 1 aliphatic rings. The van der Waals surface area contributed by atoms with Crippen molar-refractivity contribution >= 4 is 36.5 Å². The summed E-state index contributed by atoms with van der Waals surface area (Å²) in [5.41, 5.74) is 0. The quantitative estimate of drug-likeness (QED) is 0.0972. The number of carboxylic acid groups (broad SMARTS) is 1. The lowest BCUT2D eigenvalue weighted by molar-refractivity contribution is -0.136. The highest BCUT2D eigenvalue weighted by molar-refractivity contribution is 7.98. The molecule has 0 bridgehead atoms. The van der Waals surface area contributed by atoms with Crippen molar-refractivity contribution in [2.75, 3.05) is 44.7 Å². The fourth-order valence-corrected chi connectivity index (χ4v) is 3.15. The molecule has 1 saturated carbocycles. The lowest BCUT2D eigenvalue weighted by atomic mass is 9.83. The van der Waals surface area contributed by atoms with E-state index in [2.05, 4.69) is 69.1 Å². The summed E-state index contributed by atoms with van der Waals surface area (Å²) in [6, 6.07) is 0.801. The topological polar surface area (TPSA) is 149 Å². The van der Waals surface area contributed by atoms with Crippen LogP contribution < -0.4 is 26.6 Å². The lowest BCUT2D eigenvalue weighted by Crippen LogP contribution is -2.41. The number of nitrogens with one attached hydrogen (secondary N) is 5. The second-order valence-electron chi connectivity index (χ2n) is 11.0. The normalized spacial score (nSPS) is 15.3. The number of amides is 3. The summed E-state index contributed by atoms with van der Waals surface area (Å²) in [6.07, 6.45) is 11.4. The summed E-state index contributed by atoms with van der Waals surface area (Å²) in [4.78, 5) is 39.7. The molecule has 11 heteroatoms. The molecule has 1 fully saturated rings. The fourth-order valence-electron chi connectivity index (χ4n) is 3.15. The Kier molecular flexibility index (Phi) is 50.9. The first-order valence-electron chi connectivity index (χ1n) is 16.6. The van der Waals surface area contributed by atoms with Gasteiger partial charge in [-0.2, -0.15) is 11.8 Å². The number of thioether (sulfide) groups is 1. The Morgan fingerprint density at radius 3 is 1.75 bits per heavy atom. The zero-order chi connectivity index (χ0) is 35.2. The van der Waals surface area contributed by atoms with Crippen LogP contribution in [0.5, 0.6) is 0 Å². The molecule has 44 heavy (non-hydrogen) atoms. The highest BCUT2D eigenvalue weighted by Gasteiger charge is 2.17. The van der Waals surface area contributed by atoms with Gasteiger partial charge < -0.3 is 31.7 Å². The first-order chi connectivity index (χ1) is 20.9. The molecule has 1 unspecified atom stereocenters. The maximum absolute atomic E-state index is 11.0. The van der Waals surface area contributed by atoms with E-state index >= 15 is 0 Å². The van der Waals surface area contributed by atoms with E-state index in [-0.39, 0.29) is 25.0 Å². The molecule has 0 spiro atoms. The van der Waals surface area contributed by atoms with E-state index in [1.807, 2.05) is 51.7 Å². The summed E-state index contributed by atoms with van der Waals surface area (Å²) >= 11 is 1.86. The maximum Gasteiger partial charge on any atom is 0.322 e. The Morgan fingerprint density at radius 1 is 0.909 bits per heavy atom. The van der Waals surface area contributed by atoms with Crippen molar-refractivity contribution < 1.29 is 24.3 Å². The van der Waals surface area contributed by atoms with Gasteiger partial charge in [-0.1, -0.05) is 88.5 Å². The van der Waals surface area contributed by atoms with Crippen LogP contribution in [0, 0.1) is 17.8 Å². The molecule has 0 aromatic rings. The highest BCUT2D eigenvalue weighted by Crippen LogP contribution is 2.27. The van der Waals surface area contributed by atoms with Gasteiger partial charge in [-0.25, -0.2) is 0 Å². The summed E-state index contributed by atoms with van der Waals surface area (Å²) in [6.45, 7) is 26.6. The smallest absolute Gasteiger partial charge is 0.322 e. The van der Waals surface area contributed by atoms with Gasteiger partial charge in [0.05, 0.1) is 6.54 Å². The van der Waals surface area contributed by atoms with Crippen LogP contribution in [0.15, 0.2) is 0 Å². The van der Waals surface area contributed by atoms with Gasteiger partial charge in [0, 0.05) is 12.1 Å². The number of carbonyl (C=O) groups is 4. The van der Waals surface area contributed by atoms with E-state index in [1.165, 1.54) is 57.4 Å². The predicted molar refractivity (Wildman–Crippen MR) is 191 cm³/mol. The van der Waals surface area contributed by atoms with Crippen LogP contribution in [-0.2, 0) is 19.2 Å². The molecule has 6 N–H and O–H groups in total. The second-order valence-corrected chi connectivity index (χ2v) is 12.1. The van der Waals surface area contributed by atoms with Crippen LogP contribution >= 0.6 is 11.8 Å². The minimum atomic E-state index is -1.04. The average Bonchev–Trinajstić information content (AvgIpc) is 3.01. The third-order valence-electron chi connectivity index (χ3n) is 6.27. The number of carboxylic acids is 1.